The van der Waals surface area contributed by atoms with E-state index in [0.29, 0.717) is 0 Å². The van der Waals surface area contributed by atoms with E-state index in [9.17, 15) is 0 Å². The smallest absolute Gasteiger partial charge is 0.349 e. The third kappa shape index (κ3) is 3.57. The largest absolute Gasteiger partial charge is 0.373 e. The summed E-state index contributed by atoms with van der Waals surface area (Å²) in [5.74, 6) is 0.857. The Hall–Kier alpha value is -1.34. The zero-order valence-corrected chi connectivity index (χ0v) is 10.7. The molecule has 0 aliphatic heterocycles. The van der Waals surface area contributed by atoms with Gasteiger partial charge in [-0.1, -0.05) is 19.8 Å². The molecule has 94 valence electrons. The van der Waals surface area contributed by atoms with Gasteiger partial charge in [0.25, 0.3) is 0 Å². The van der Waals surface area contributed by atoms with Crippen LogP contribution in [0, 0.1) is 6.92 Å². The lowest BCUT2D eigenvalue weighted by Crippen LogP contribution is -2.07. The molecule has 0 bridgehead atoms. The van der Waals surface area contributed by atoms with Gasteiger partial charge in [-0.15, -0.1) is 0 Å². The Morgan fingerprint density at radius 2 is 1.88 bits per heavy atom. The molecule has 0 radical (unpaired) electrons. The number of rotatable bonds is 3. The van der Waals surface area contributed by atoms with E-state index in [1.54, 1.807) is 5.69 Å². The van der Waals surface area contributed by atoms with Crippen LogP contribution in [-0.4, -0.2) is 10.7 Å². The first-order valence-electron chi connectivity index (χ1n) is 6.39. The highest BCUT2D eigenvalue weighted by Gasteiger charge is 2.20. The van der Waals surface area contributed by atoms with E-state index in [1.807, 2.05) is 0 Å². The minimum atomic E-state index is 0.250. The summed E-state index contributed by atoms with van der Waals surface area (Å²) >= 11 is 0. The number of aromatic nitrogens is 1. The second-order valence-corrected chi connectivity index (χ2v) is 4.62. The van der Waals surface area contributed by atoms with Crippen LogP contribution < -0.4 is 0 Å². The third-order valence-corrected chi connectivity index (χ3v) is 3.45. The molecule has 3 heteroatoms. The summed E-state index contributed by atoms with van der Waals surface area (Å²) in [5, 5.41) is 0. The Labute approximate surface area is 103 Å². The maximum atomic E-state index is 8.12. The van der Waals surface area contributed by atoms with E-state index < -0.39 is 0 Å². The van der Waals surface area contributed by atoms with Gasteiger partial charge in [0.1, 0.15) is 0 Å². The normalized spacial score (nSPS) is 15.2. The molecule has 1 aromatic rings. The van der Waals surface area contributed by atoms with Crippen LogP contribution in [-0.2, 0) is 16.1 Å². The summed E-state index contributed by atoms with van der Waals surface area (Å²) in [5.41, 5.74) is 3.04. The lowest BCUT2D eigenvalue weighted by atomic mass is 10.0. The zero-order chi connectivity index (χ0) is 12.7. The molecule has 17 heavy (non-hydrogen) atoms. The van der Waals surface area contributed by atoms with Crippen LogP contribution in [0.25, 0.3) is 0 Å². The molecule has 0 unspecified atom stereocenters. The van der Waals surface area contributed by atoms with E-state index in [2.05, 4.69) is 30.5 Å². The quantitative estimate of drug-likeness (QED) is 0.806. The van der Waals surface area contributed by atoms with Crippen LogP contribution in [0.3, 0.4) is 0 Å². The van der Waals surface area contributed by atoms with Crippen molar-refractivity contribution in [3.8, 4) is 0 Å². The molecular weight excluding hydrogens is 214 g/mol. The predicted octanol–water partition coefficient (Wildman–Crippen LogP) is 3.28. The zero-order valence-electron chi connectivity index (χ0n) is 10.7. The molecule has 0 amide bonds. The topological polar surface area (TPSA) is 39.1 Å². The van der Waals surface area contributed by atoms with E-state index in [4.69, 9.17) is 9.59 Å². The second-order valence-electron chi connectivity index (χ2n) is 4.62. The molecule has 0 atom stereocenters. The third-order valence-electron chi connectivity index (χ3n) is 3.45. The Morgan fingerprint density at radius 1 is 1.29 bits per heavy atom. The number of carbonyl (C=O) groups excluding carboxylic acids is 2. The van der Waals surface area contributed by atoms with Crippen molar-refractivity contribution >= 4 is 6.15 Å². The molecule has 0 saturated heterocycles. The molecule has 3 nitrogen and oxygen atoms in total. The van der Waals surface area contributed by atoms with Crippen LogP contribution in [0.15, 0.2) is 12.1 Å². The van der Waals surface area contributed by atoms with Crippen LogP contribution in [0.2, 0.25) is 0 Å². The first-order chi connectivity index (χ1) is 8.24. The maximum Gasteiger partial charge on any atom is 0.373 e. The highest BCUT2D eigenvalue weighted by Crippen LogP contribution is 2.34. The van der Waals surface area contributed by atoms with Gasteiger partial charge in [-0.3, -0.25) is 0 Å². The number of aryl methyl sites for hydroxylation is 1. The van der Waals surface area contributed by atoms with E-state index in [-0.39, 0.29) is 6.15 Å². The van der Waals surface area contributed by atoms with Crippen molar-refractivity contribution < 1.29 is 9.59 Å². The average Bonchev–Trinajstić information content (AvgIpc) is 2.91. The minimum Gasteiger partial charge on any atom is -0.349 e. The summed E-state index contributed by atoms with van der Waals surface area (Å²) in [6, 6.07) is 4.63. The lowest BCUT2D eigenvalue weighted by Gasteiger charge is -2.15. The van der Waals surface area contributed by atoms with Gasteiger partial charge in [0.2, 0.25) is 0 Å². The first kappa shape index (κ1) is 13.7. The molecule has 2 rings (SSSR count). The van der Waals surface area contributed by atoms with Gasteiger partial charge in [-0.25, -0.2) is 0 Å². The highest BCUT2D eigenvalue weighted by atomic mass is 16.2. The first-order valence-corrected chi connectivity index (χ1v) is 6.39. The van der Waals surface area contributed by atoms with Crippen molar-refractivity contribution in [2.45, 2.75) is 58.4 Å². The fourth-order valence-electron chi connectivity index (χ4n) is 2.70. The monoisotopic (exact) mass is 235 g/mol. The fraction of sp³-hybridized carbons (Fsp3) is 0.643. The molecule has 1 heterocycles. The molecule has 1 aliphatic rings. The summed E-state index contributed by atoms with van der Waals surface area (Å²) in [7, 11) is 0. The SMILES string of the molecule is CCCn1c(C)ccc1C1CCCC1.O=C=O. The molecule has 1 aromatic heterocycles. The van der Waals surface area contributed by atoms with Crippen molar-refractivity contribution in [1.29, 1.82) is 0 Å². The van der Waals surface area contributed by atoms with Gasteiger partial charge in [-0.05, 0) is 44.2 Å². The standard InChI is InChI=1S/C13H21N.CO2/c1-3-10-14-11(2)8-9-13(14)12-6-4-5-7-12;2-1-3/h8-9,12H,3-7,10H2,1-2H3;. The van der Waals surface area contributed by atoms with Crippen molar-refractivity contribution in [3.05, 3.63) is 23.5 Å². The van der Waals surface area contributed by atoms with Gasteiger partial charge in [0, 0.05) is 17.9 Å². The summed E-state index contributed by atoms with van der Waals surface area (Å²) < 4.78 is 2.52. The predicted molar refractivity (Wildman–Crippen MR) is 65.7 cm³/mol. The van der Waals surface area contributed by atoms with Crippen LogP contribution >= 0.6 is 0 Å². The molecule has 1 aliphatic carbocycles. The lowest BCUT2D eigenvalue weighted by molar-refractivity contribution is -0.191. The van der Waals surface area contributed by atoms with Gasteiger partial charge < -0.3 is 4.57 Å². The van der Waals surface area contributed by atoms with E-state index in [1.165, 1.54) is 44.3 Å². The number of hydrogen-bond donors (Lipinski definition) is 0. The Balaban J connectivity index is 0.000000437. The Bertz CT molecular complexity index is 370. The highest BCUT2D eigenvalue weighted by molar-refractivity contribution is 5.20. The van der Waals surface area contributed by atoms with Gasteiger partial charge in [0.15, 0.2) is 0 Å². The van der Waals surface area contributed by atoms with Crippen LogP contribution in [0.1, 0.15) is 56.3 Å². The fourth-order valence-corrected chi connectivity index (χ4v) is 2.70. The summed E-state index contributed by atoms with van der Waals surface area (Å²) in [6.07, 6.45) is 7.18. The van der Waals surface area contributed by atoms with Crippen LogP contribution in [0.5, 0.6) is 0 Å². The number of hydrogen-bond acceptors (Lipinski definition) is 2. The molecular formula is C14H21NO2. The molecule has 0 aromatic carbocycles. The van der Waals surface area contributed by atoms with E-state index >= 15 is 0 Å². The van der Waals surface area contributed by atoms with Crippen molar-refractivity contribution in [2.75, 3.05) is 0 Å². The summed E-state index contributed by atoms with van der Waals surface area (Å²) in [4.78, 5) is 16.2. The van der Waals surface area contributed by atoms with Gasteiger partial charge >= 0.3 is 6.15 Å². The average molecular weight is 235 g/mol. The molecule has 1 fully saturated rings. The molecule has 1 saturated carbocycles. The Morgan fingerprint density at radius 3 is 2.41 bits per heavy atom. The molecule has 0 spiro atoms. The van der Waals surface area contributed by atoms with Crippen LogP contribution in [0.4, 0.5) is 0 Å². The minimum absolute atomic E-state index is 0.250. The van der Waals surface area contributed by atoms with Gasteiger partial charge in [-0.2, -0.15) is 9.59 Å². The maximum absolute atomic E-state index is 8.12. The van der Waals surface area contributed by atoms with Crippen molar-refractivity contribution in [1.82, 2.24) is 4.57 Å². The Kier molecular flexibility index (Phi) is 5.71. The second kappa shape index (κ2) is 7.08. The molecule has 0 N–H and O–H groups in total. The van der Waals surface area contributed by atoms with Gasteiger partial charge in [0.05, 0.1) is 0 Å². The van der Waals surface area contributed by atoms with E-state index in [0.717, 1.165) is 5.92 Å². The van der Waals surface area contributed by atoms with Crippen molar-refractivity contribution in [3.63, 3.8) is 0 Å². The van der Waals surface area contributed by atoms with Crippen molar-refractivity contribution in [2.24, 2.45) is 0 Å². The number of nitrogens with zero attached hydrogens (tertiary/aromatic N) is 1. The summed E-state index contributed by atoms with van der Waals surface area (Å²) in [6.45, 7) is 5.69.